The fourth-order valence-electron chi connectivity index (χ4n) is 0.177. The average Bonchev–Trinajstić information content (AvgIpc) is 1.86. The second-order valence-electron chi connectivity index (χ2n) is 1.41. The molecule has 0 aromatic carbocycles. The fourth-order valence-corrected chi connectivity index (χ4v) is 0.434. The lowest BCUT2D eigenvalue weighted by molar-refractivity contribution is -0.128. The normalized spacial score (nSPS) is 15.1. The van der Waals surface area contributed by atoms with Gasteiger partial charge in [0.25, 0.3) is 0 Å². The Hall–Kier alpha value is 0.110. The molecule has 5 heteroatoms. The van der Waals surface area contributed by atoms with Crippen molar-refractivity contribution < 1.29 is 13.6 Å². The first-order chi connectivity index (χ1) is 4.04. The standard InChI is InChI=1S/C4H4Cl2F2O/c5-1-3(6)4(7,8)2-9/h2-3H,1H2. The molecule has 0 bridgehead atoms. The highest BCUT2D eigenvalue weighted by molar-refractivity contribution is 6.29. The van der Waals surface area contributed by atoms with Gasteiger partial charge in [0.05, 0.1) is 0 Å². The van der Waals surface area contributed by atoms with E-state index in [4.69, 9.17) is 23.2 Å². The van der Waals surface area contributed by atoms with Crippen molar-refractivity contribution in [3.05, 3.63) is 0 Å². The summed E-state index contributed by atoms with van der Waals surface area (Å²) < 4.78 is 23.9. The molecule has 0 aromatic rings. The van der Waals surface area contributed by atoms with Crippen LogP contribution in [0.15, 0.2) is 0 Å². The van der Waals surface area contributed by atoms with Crippen molar-refractivity contribution in [2.75, 3.05) is 5.88 Å². The van der Waals surface area contributed by atoms with E-state index in [2.05, 4.69) is 0 Å². The molecule has 0 heterocycles. The molecule has 0 aliphatic carbocycles. The first-order valence-corrected chi connectivity index (χ1v) is 3.06. The summed E-state index contributed by atoms with van der Waals surface area (Å²) in [5.74, 6) is -3.93. The maximum Gasteiger partial charge on any atom is 0.319 e. The summed E-state index contributed by atoms with van der Waals surface area (Å²) in [5, 5.41) is -1.60. The Balaban J connectivity index is 3.95. The van der Waals surface area contributed by atoms with Crippen LogP contribution in [0.25, 0.3) is 0 Å². The number of carbonyl (C=O) groups is 1. The predicted octanol–water partition coefficient (Wildman–Crippen LogP) is 1.67. The van der Waals surface area contributed by atoms with Crippen molar-refractivity contribution in [2.45, 2.75) is 11.3 Å². The van der Waals surface area contributed by atoms with E-state index in [0.29, 0.717) is 0 Å². The van der Waals surface area contributed by atoms with Crippen LogP contribution in [0.4, 0.5) is 8.78 Å². The van der Waals surface area contributed by atoms with E-state index in [0.717, 1.165) is 0 Å². The quantitative estimate of drug-likeness (QED) is 0.473. The minimum Gasteiger partial charge on any atom is -0.297 e. The minimum absolute atomic E-state index is 0.437. The van der Waals surface area contributed by atoms with E-state index in [1.807, 2.05) is 0 Å². The molecule has 1 atom stereocenters. The number of aldehydes is 1. The molecule has 0 aliphatic rings. The molecule has 9 heavy (non-hydrogen) atoms. The molecule has 0 amide bonds. The third kappa shape index (κ3) is 2.45. The van der Waals surface area contributed by atoms with Crippen LogP contribution in [0, 0.1) is 0 Å². The number of carbonyl (C=O) groups excluding carboxylic acids is 1. The Morgan fingerprint density at radius 3 is 2.22 bits per heavy atom. The summed E-state index contributed by atoms with van der Waals surface area (Å²) >= 11 is 9.89. The van der Waals surface area contributed by atoms with Crippen molar-refractivity contribution in [1.82, 2.24) is 0 Å². The Bertz CT molecular complexity index is 107. The smallest absolute Gasteiger partial charge is 0.297 e. The molecule has 1 unspecified atom stereocenters. The van der Waals surface area contributed by atoms with Crippen LogP contribution in [0.2, 0.25) is 0 Å². The number of halogens is 4. The van der Waals surface area contributed by atoms with E-state index in [1.54, 1.807) is 0 Å². The molecule has 0 saturated heterocycles. The summed E-state index contributed by atoms with van der Waals surface area (Å²) in [6, 6.07) is 0. The summed E-state index contributed by atoms with van der Waals surface area (Å²) in [6.45, 7) is 0. The molecular formula is C4H4Cl2F2O. The van der Waals surface area contributed by atoms with Gasteiger partial charge in [0.15, 0.2) is 6.29 Å². The zero-order valence-corrected chi connectivity index (χ0v) is 5.79. The number of alkyl halides is 4. The highest BCUT2D eigenvalue weighted by Gasteiger charge is 2.37. The molecule has 1 nitrogen and oxygen atoms in total. The Labute approximate surface area is 60.9 Å². The highest BCUT2D eigenvalue weighted by atomic mass is 35.5. The molecule has 54 valence electrons. The van der Waals surface area contributed by atoms with Crippen LogP contribution in [0.5, 0.6) is 0 Å². The van der Waals surface area contributed by atoms with E-state index >= 15 is 0 Å². The SMILES string of the molecule is O=CC(F)(F)C(Cl)CCl. The van der Waals surface area contributed by atoms with Crippen molar-refractivity contribution >= 4 is 29.5 Å². The van der Waals surface area contributed by atoms with Crippen molar-refractivity contribution in [3.8, 4) is 0 Å². The van der Waals surface area contributed by atoms with Gasteiger partial charge in [-0.3, -0.25) is 4.79 Å². The molecule has 0 N–H and O–H groups in total. The van der Waals surface area contributed by atoms with E-state index in [-0.39, 0.29) is 0 Å². The fraction of sp³-hybridized carbons (Fsp3) is 0.750. The Morgan fingerprint density at radius 1 is 1.67 bits per heavy atom. The van der Waals surface area contributed by atoms with Crippen molar-refractivity contribution in [3.63, 3.8) is 0 Å². The van der Waals surface area contributed by atoms with E-state index < -0.39 is 23.5 Å². The molecule has 0 spiro atoms. The molecule has 0 saturated carbocycles. The highest BCUT2D eigenvalue weighted by Crippen LogP contribution is 2.21. The largest absolute Gasteiger partial charge is 0.319 e. The second kappa shape index (κ2) is 3.32. The predicted molar refractivity (Wildman–Crippen MR) is 31.4 cm³/mol. The van der Waals surface area contributed by atoms with Gasteiger partial charge in [0.1, 0.15) is 5.38 Å². The van der Waals surface area contributed by atoms with Gasteiger partial charge in [-0.05, 0) is 0 Å². The van der Waals surface area contributed by atoms with Crippen molar-refractivity contribution in [1.29, 1.82) is 0 Å². The van der Waals surface area contributed by atoms with E-state index in [9.17, 15) is 13.6 Å². The van der Waals surface area contributed by atoms with E-state index in [1.165, 1.54) is 0 Å². The Morgan fingerprint density at radius 2 is 2.11 bits per heavy atom. The lowest BCUT2D eigenvalue weighted by Crippen LogP contribution is -2.31. The molecule has 0 fully saturated rings. The summed E-state index contributed by atoms with van der Waals surface area (Å²) in [4.78, 5) is 9.53. The number of hydrogen-bond acceptors (Lipinski definition) is 1. The van der Waals surface area contributed by atoms with Gasteiger partial charge in [-0.2, -0.15) is 8.78 Å². The van der Waals surface area contributed by atoms with Gasteiger partial charge >= 0.3 is 5.92 Å². The summed E-state index contributed by atoms with van der Waals surface area (Å²) in [7, 11) is 0. The third-order valence-electron chi connectivity index (χ3n) is 0.710. The van der Waals surface area contributed by atoms with Gasteiger partial charge in [-0.15, -0.1) is 23.2 Å². The van der Waals surface area contributed by atoms with Gasteiger partial charge < -0.3 is 0 Å². The molecule has 0 aliphatic heterocycles. The monoisotopic (exact) mass is 176 g/mol. The van der Waals surface area contributed by atoms with Crippen LogP contribution in [0.1, 0.15) is 0 Å². The average molecular weight is 177 g/mol. The molecule has 0 rings (SSSR count). The van der Waals surface area contributed by atoms with Crippen molar-refractivity contribution in [2.24, 2.45) is 0 Å². The number of hydrogen-bond donors (Lipinski definition) is 0. The lowest BCUT2D eigenvalue weighted by atomic mass is 10.3. The summed E-state index contributed by atoms with van der Waals surface area (Å²) in [6.07, 6.45) is -0.507. The van der Waals surface area contributed by atoms with Gasteiger partial charge in [-0.1, -0.05) is 0 Å². The first-order valence-electron chi connectivity index (χ1n) is 2.08. The van der Waals surface area contributed by atoms with Crippen LogP contribution < -0.4 is 0 Å². The van der Waals surface area contributed by atoms with Crippen LogP contribution >= 0.6 is 23.2 Å². The third-order valence-corrected chi connectivity index (χ3v) is 1.62. The Kier molecular flexibility index (Phi) is 3.36. The topological polar surface area (TPSA) is 17.1 Å². The molecule has 0 aromatic heterocycles. The van der Waals surface area contributed by atoms with Crippen LogP contribution in [-0.4, -0.2) is 23.5 Å². The first kappa shape index (κ1) is 9.11. The lowest BCUT2D eigenvalue weighted by Gasteiger charge is -2.11. The number of rotatable bonds is 3. The summed E-state index contributed by atoms with van der Waals surface area (Å²) in [5.41, 5.74) is 0. The second-order valence-corrected chi connectivity index (χ2v) is 2.25. The minimum atomic E-state index is -3.50. The van der Waals surface area contributed by atoms with Crippen LogP contribution in [0.3, 0.4) is 0 Å². The molecule has 0 radical (unpaired) electrons. The molecular weight excluding hydrogens is 173 g/mol. The zero-order valence-electron chi connectivity index (χ0n) is 4.28. The van der Waals surface area contributed by atoms with Gasteiger partial charge in [-0.25, -0.2) is 0 Å². The maximum absolute atomic E-state index is 12.0. The van der Waals surface area contributed by atoms with Crippen LogP contribution in [-0.2, 0) is 4.79 Å². The maximum atomic E-state index is 12.0. The zero-order chi connectivity index (χ0) is 7.49. The van der Waals surface area contributed by atoms with Gasteiger partial charge in [0, 0.05) is 5.88 Å². The van der Waals surface area contributed by atoms with Gasteiger partial charge in [0.2, 0.25) is 0 Å².